The van der Waals surface area contributed by atoms with Gasteiger partial charge in [0.2, 0.25) is 0 Å². The van der Waals surface area contributed by atoms with E-state index in [0.29, 0.717) is 15.1 Å². The molecule has 0 unspecified atom stereocenters. The molecule has 3 aromatic carbocycles. The van der Waals surface area contributed by atoms with E-state index < -0.39 is 17.8 Å². The first-order chi connectivity index (χ1) is 17.8. The fourth-order valence-corrected chi connectivity index (χ4v) is 3.99. The number of furan rings is 1. The number of anilines is 1. The summed E-state index contributed by atoms with van der Waals surface area (Å²) in [6.07, 6.45) is 2.69. The minimum Gasteiger partial charge on any atom is -0.459 e. The number of nitrogens with one attached hydrogen (secondary N) is 2. The van der Waals surface area contributed by atoms with Crippen LogP contribution in [0.25, 0.3) is 0 Å². The lowest BCUT2D eigenvalue weighted by atomic mass is 10.1. The predicted octanol–water partition coefficient (Wildman–Crippen LogP) is 6.58. The van der Waals surface area contributed by atoms with Crippen molar-refractivity contribution in [2.24, 2.45) is 5.10 Å². The van der Waals surface area contributed by atoms with Crippen LogP contribution in [0, 0.1) is 0 Å². The second-order valence-electron chi connectivity index (χ2n) is 7.37. The Labute approximate surface area is 229 Å². The highest BCUT2D eigenvalue weighted by atomic mass is 79.9. The number of halogens is 3. The molecule has 0 aliphatic carbocycles. The highest BCUT2D eigenvalue weighted by Crippen LogP contribution is 2.26. The average molecular weight is 601 g/mol. The van der Waals surface area contributed by atoms with E-state index in [1.54, 1.807) is 42.5 Å². The summed E-state index contributed by atoms with van der Waals surface area (Å²) in [5.74, 6) is -1.49. The van der Waals surface area contributed by atoms with Crippen LogP contribution in [0.15, 0.2) is 93.1 Å². The first-order valence-electron chi connectivity index (χ1n) is 10.6. The Morgan fingerprint density at radius 3 is 2.49 bits per heavy atom. The summed E-state index contributed by atoms with van der Waals surface area (Å²) in [6.45, 7) is 0. The zero-order valence-corrected chi connectivity index (χ0v) is 21.8. The van der Waals surface area contributed by atoms with Gasteiger partial charge in [-0.05, 0) is 60.7 Å². The number of hydrogen-bond acceptors (Lipinski definition) is 6. The molecule has 0 aliphatic heterocycles. The van der Waals surface area contributed by atoms with Crippen molar-refractivity contribution in [1.29, 1.82) is 0 Å². The average Bonchev–Trinajstić information content (AvgIpc) is 3.41. The fraction of sp³-hybridized carbons (Fsp3) is 0. The van der Waals surface area contributed by atoms with Gasteiger partial charge in [-0.25, -0.2) is 10.2 Å². The first kappa shape index (κ1) is 26.2. The molecule has 0 fully saturated rings. The van der Waals surface area contributed by atoms with Crippen molar-refractivity contribution in [3.8, 4) is 5.75 Å². The number of benzene rings is 3. The maximum absolute atomic E-state index is 12.8. The van der Waals surface area contributed by atoms with Crippen LogP contribution >= 0.6 is 39.1 Å². The van der Waals surface area contributed by atoms with E-state index >= 15 is 0 Å². The molecule has 0 spiro atoms. The Bertz CT molecular complexity index is 1510. The van der Waals surface area contributed by atoms with Gasteiger partial charge in [0, 0.05) is 15.1 Å². The second kappa shape index (κ2) is 11.9. The van der Waals surface area contributed by atoms with Crippen molar-refractivity contribution < 1.29 is 23.5 Å². The third-order valence-corrected chi connectivity index (χ3v) is 5.90. The molecule has 0 bridgehead atoms. The molecular formula is C26H16BrCl2N3O5. The SMILES string of the molecule is O=C(Nc1ccccc1C(=O)N/N=C\c1cc(Br)ccc1OC(=O)c1ccc(Cl)cc1Cl)c1ccco1. The standard InChI is InChI=1S/C26H16BrCl2N3O5/c27-16-7-10-22(37-26(35)18-9-8-17(28)13-20(18)29)15(12-16)14-30-32-24(33)19-4-1-2-5-21(19)31-25(34)23-6-3-11-36-23/h1-14H,(H,31,34)(H,32,33)/b30-14-. The molecule has 0 saturated heterocycles. The summed E-state index contributed by atoms with van der Waals surface area (Å²) in [6, 6.07) is 18.8. The molecule has 186 valence electrons. The number of rotatable bonds is 7. The first-order valence-corrected chi connectivity index (χ1v) is 12.1. The zero-order chi connectivity index (χ0) is 26.4. The lowest BCUT2D eigenvalue weighted by Crippen LogP contribution is -2.21. The summed E-state index contributed by atoms with van der Waals surface area (Å²) in [7, 11) is 0. The van der Waals surface area contributed by atoms with E-state index in [9.17, 15) is 14.4 Å². The molecule has 1 aromatic heterocycles. The van der Waals surface area contributed by atoms with Gasteiger partial charge in [-0.1, -0.05) is 51.3 Å². The smallest absolute Gasteiger partial charge is 0.345 e. The summed E-state index contributed by atoms with van der Waals surface area (Å²) in [4.78, 5) is 37.7. The van der Waals surface area contributed by atoms with Crippen LogP contribution in [-0.4, -0.2) is 24.0 Å². The molecule has 0 saturated carbocycles. The van der Waals surface area contributed by atoms with Gasteiger partial charge in [-0.15, -0.1) is 0 Å². The van der Waals surface area contributed by atoms with Crippen molar-refractivity contribution in [2.75, 3.05) is 5.32 Å². The van der Waals surface area contributed by atoms with Gasteiger partial charge in [-0.3, -0.25) is 9.59 Å². The number of amides is 2. The Kier molecular flexibility index (Phi) is 8.39. The van der Waals surface area contributed by atoms with Crippen LogP contribution in [-0.2, 0) is 0 Å². The highest BCUT2D eigenvalue weighted by molar-refractivity contribution is 9.10. The molecule has 0 atom stereocenters. The van der Waals surface area contributed by atoms with E-state index in [4.69, 9.17) is 32.4 Å². The summed E-state index contributed by atoms with van der Waals surface area (Å²) in [5.41, 5.74) is 3.39. The molecule has 37 heavy (non-hydrogen) atoms. The van der Waals surface area contributed by atoms with Gasteiger partial charge in [0.15, 0.2) is 5.76 Å². The molecule has 4 aromatic rings. The fourth-order valence-electron chi connectivity index (χ4n) is 3.13. The molecule has 11 heteroatoms. The Morgan fingerprint density at radius 1 is 0.919 bits per heavy atom. The Morgan fingerprint density at radius 2 is 1.73 bits per heavy atom. The monoisotopic (exact) mass is 599 g/mol. The van der Waals surface area contributed by atoms with Crippen LogP contribution in [0.5, 0.6) is 5.75 Å². The van der Waals surface area contributed by atoms with Crippen molar-refractivity contribution >= 4 is 68.8 Å². The van der Waals surface area contributed by atoms with Gasteiger partial charge in [-0.2, -0.15) is 5.10 Å². The maximum atomic E-state index is 12.8. The van der Waals surface area contributed by atoms with E-state index in [-0.39, 0.29) is 33.3 Å². The number of carbonyl (C=O) groups excluding carboxylic acids is 3. The minimum absolute atomic E-state index is 0.102. The number of carbonyl (C=O) groups is 3. The number of ether oxygens (including phenoxy) is 1. The van der Waals surface area contributed by atoms with Gasteiger partial charge >= 0.3 is 5.97 Å². The van der Waals surface area contributed by atoms with Crippen LogP contribution in [0.4, 0.5) is 5.69 Å². The molecule has 4 rings (SSSR count). The minimum atomic E-state index is -0.691. The summed E-state index contributed by atoms with van der Waals surface area (Å²) in [5, 5.41) is 7.16. The molecule has 2 N–H and O–H groups in total. The normalized spacial score (nSPS) is 10.8. The van der Waals surface area contributed by atoms with Crippen molar-refractivity contribution in [1.82, 2.24) is 5.43 Å². The molecule has 2 amide bonds. The Hall–Kier alpha value is -3.92. The predicted molar refractivity (Wildman–Crippen MR) is 144 cm³/mol. The topological polar surface area (TPSA) is 110 Å². The molecule has 0 radical (unpaired) electrons. The van der Waals surface area contributed by atoms with Gasteiger partial charge < -0.3 is 14.5 Å². The van der Waals surface area contributed by atoms with Gasteiger partial charge in [0.25, 0.3) is 11.8 Å². The number of hydrazone groups is 1. The largest absolute Gasteiger partial charge is 0.459 e. The molecule has 1 heterocycles. The molecule has 8 nitrogen and oxygen atoms in total. The zero-order valence-electron chi connectivity index (χ0n) is 18.7. The van der Waals surface area contributed by atoms with E-state index in [0.717, 1.165) is 0 Å². The third-order valence-electron chi connectivity index (χ3n) is 4.86. The van der Waals surface area contributed by atoms with Gasteiger partial charge in [0.05, 0.1) is 34.3 Å². The lowest BCUT2D eigenvalue weighted by molar-refractivity contribution is 0.0734. The van der Waals surface area contributed by atoms with Crippen LogP contribution < -0.4 is 15.5 Å². The number of esters is 1. The van der Waals surface area contributed by atoms with Gasteiger partial charge in [0.1, 0.15) is 5.75 Å². The molecular weight excluding hydrogens is 585 g/mol. The summed E-state index contributed by atoms with van der Waals surface area (Å²) >= 11 is 15.4. The van der Waals surface area contributed by atoms with Crippen LogP contribution in [0.2, 0.25) is 10.0 Å². The number of para-hydroxylation sites is 1. The van der Waals surface area contributed by atoms with Crippen LogP contribution in [0.3, 0.4) is 0 Å². The second-order valence-corrected chi connectivity index (χ2v) is 9.13. The van der Waals surface area contributed by atoms with E-state index in [1.807, 2.05) is 0 Å². The number of nitrogens with zero attached hydrogens (tertiary/aromatic N) is 1. The maximum Gasteiger partial charge on any atom is 0.345 e. The van der Waals surface area contributed by atoms with E-state index in [1.165, 1.54) is 42.8 Å². The van der Waals surface area contributed by atoms with Crippen molar-refractivity contribution in [3.05, 3.63) is 116 Å². The number of hydrogen-bond donors (Lipinski definition) is 2. The highest BCUT2D eigenvalue weighted by Gasteiger charge is 2.17. The quantitative estimate of drug-likeness (QED) is 0.108. The van der Waals surface area contributed by atoms with E-state index in [2.05, 4.69) is 31.8 Å². The van der Waals surface area contributed by atoms with Crippen molar-refractivity contribution in [3.63, 3.8) is 0 Å². The Balaban J connectivity index is 1.48. The summed E-state index contributed by atoms with van der Waals surface area (Å²) < 4.78 is 11.3. The van der Waals surface area contributed by atoms with Crippen LogP contribution in [0.1, 0.15) is 36.8 Å². The lowest BCUT2D eigenvalue weighted by Gasteiger charge is -2.10. The third kappa shape index (κ3) is 6.65. The van der Waals surface area contributed by atoms with Crippen molar-refractivity contribution in [2.45, 2.75) is 0 Å². The molecule has 0 aliphatic rings.